The third-order valence-electron chi connectivity index (χ3n) is 3.15. The number of rotatable bonds is 4. The molecule has 2 aromatic rings. The Kier molecular flexibility index (Phi) is 4.84. The van der Waals surface area contributed by atoms with E-state index in [0.717, 1.165) is 17.3 Å². The molecule has 1 aromatic heterocycles. The van der Waals surface area contributed by atoms with Gasteiger partial charge in [0.25, 0.3) is 0 Å². The molecular weight excluding hydrogens is 288 g/mol. The first-order valence-corrected chi connectivity index (χ1v) is 8.06. The van der Waals surface area contributed by atoms with E-state index in [1.165, 1.54) is 10.6 Å². The maximum Gasteiger partial charge on any atom is 0.0982 e. The van der Waals surface area contributed by atoms with Gasteiger partial charge in [0, 0.05) is 28.4 Å². The summed E-state index contributed by atoms with van der Waals surface area (Å²) in [4.78, 5) is 4.70. The van der Waals surface area contributed by atoms with Crippen molar-refractivity contribution in [1.82, 2.24) is 10.3 Å². The highest BCUT2D eigenvalue weighted by Crippen LogP contribution is 2.25. The average Bonchev–Trinajstić information content (AvgIpc) is 2.85. The smallest absolute Gasteiger partial charge is 0.0982 e. The van der Waals surface area contributed by atoms with Gasteiger partial charge >= 0.3 is 0 Å². The Balaban J connectivity index is 1.95. The van der Waals surface area contributed by atoms with Gasteiger partial charge in [0.15, 0.2) is 0 Å². The molecule has 4 heteroatoms. The van der Waals surface area contributed by atoms with Crippen molar-refractivity contribution in [3.63, 3.8) is 0 Å². The van der Waals surface area contributed by atoms with E-state index in [2.05, 4.69) is 50.5 Å². The molecule has 0 amide bonds. The molecule has 0 bridgehead atoms. The number of benzene rings is 1. The van der Waals surface area contributed by atoms with Crippen molar-refractivity contribution in [1.29, 1.82) is 0 Å². The van der Waals surface area contributed by atoms with Gasteiger partial charge in [-0.25, -0.2) is 4.98 Å². The van der Waals surface area contributed by atoms with Crippen LogP contribution >= 0.6 is 22.9 Å². The fourth-order valence-electron chi connectivity index (χ4n) is 1.86. The number of thiazole rings is 1. The Morgan fingerprint density at radius 3 is 2.45 bits per heavy atom. The highest BCUT2D eigenvalue weighted by molar-refractivity contribution is 7.09. The number of nitrogens with zero attached hydrogens (tertiary/aromatic N) is 1. The van der Waals surface area contributed by atoms with Gasteiger partial charge in [-0.3, -0.25) is 0 Å². The molecule has 0 radical (unpaired) electrons. The summed E-state index contributed by atoms with van der Waals surface area (Å²) in [5.74, 6) is 0. The maximum absolute atomic E-state index is 5.91. The molecule has 1 N–H and O–H groups in total. The fourth-order valence-corrected chi connectivity index (χ4v) is 2.89. The maximum atomic E-state index is 5.91. The summed E-state index contributed by atoms with van der Waals surface area (Å²) >= 11 is 7.64. The minimum atomic E-state index is 0.130. The molecule has 1 aromatic carbocycles. The molecule has 0 aliphatic heterocycles. The van der Waals surface area contributed by atoms with Crippen LogP contribution in [0, 0.1) is 0 Å². The summed E-state index contributed by atoms with van der Waals surface area (Å²) in [5, 5.41) is 7.60. The minimum Gasteiger partial charge on any atom is -0.305 e. The molecule has 0 fully saturated rings. The molecule has 20 heavy (non-hydrogen) atoms. The molecule has 2 nitrogen and oxygen atoms in total. The minimum absolute atomic E-state index is 0.130. The van der Waals surface area contributed by atoms with Crippen LogP contribution in [0.3, 0.4) is 0 Å². The van der Waals surface area contributed by atoms with Gasteiger partial charge in [0.1, 0.15) is 0 Å². The van der Waals surface area contributed by atoms with Gasteiger partial charge in [-0.1, -0.05) is 44.5 Å². The number of hydrogen-bond donors (Lipinski definition) is 1. The SMILES string of the molecule is C[C@@H](NCc1csc(C(C)(C)C)n1)c1ccc(Cl)cc1. The van der Waals surface area contributed by atoms with Gasteiger partial charge < -0.3 is 5.32 Å². The standard InChI is InChI=1S/C16H21ClN2S/c1-11(12-5-7-13(17)8-6-12)18-9-14-10-20-15(19-14)16(2,3)4/h5-8,10-11,18H,9H2,1-4H3/t11-/m1/s1. The van der Waals surface area contributed by atoms with Gasteiger partial charge in [-0.05, 0) is 24.6 Å². The molecule has 0 aliphatic carbocycles. The second-order valence-corrected chi connectivity index (χ2v) is 7.34. The summed E-state index contributed by atoms with van der Waals surface area (Å²) in [5.41, 5.74) is 2.48. The summed E-state index contributed by atoms with van der Waals surface area (Å²) in [7, 11) is 0. The highest BCUT2D eigenvalue weighted by Gasteiger charge is 2.18. The largest absolute Gasteiger partial charge is 0.305 e. The van der Waals surface area contributed by atoms with Crippen LogP contribution in [0.5, 0.6) is 0 Å². The molecular formula is C16H21ClN2S. The molecule has 1 atom stereocenters. The molecule has 0 unspecified atom stereocenters. The molecule has 0 spiro atoms. The van der Waals surface area contributed by atoms with E-state index in [9.17, 15) is 0 Å². The molecule has 2 rings (SSSR count). The third kappa shape index (κ3) is 4.05. The summed E-state index contributed by atoms with van der Waals surface area (Å²) in [6.45, 7) is 9.52. The fraction of sp³-hybridized carbons (Fsp3) is 0.438. The first-order chi connectivity index (χ1) is 9.36. The van der Waals surface area contributed by atoms with Crippen molar-refractivity contribution >= 4 is 22.9 Å². The Morgan fingerprint density at radius 2 is 1.90 bits per heavy atom. The zero-order chi connectivity index (χ0) is 14.8. The van der Waals surface area contributed by atoms with Crippen LogP contribution in [0.4, 0.5) is 0 Å². The van der Waals surface area contributed by atoms with Crippen molar-refractivity contribution < 1.29 is 0 Å². The second-order valence-electron chi connectivity index (χ2n) is 6.05. The first kappa shape index (κ1) is 15.5. The summed E-state index contributed by atoms with van der Waals surface area (Å²) < 4.78 is 0. The number of aromatic nitrogens is 1. The molecule has 108 valence electrons. The van der Waals surface area contributed by atoms with E-state index in [-0.39, 0.29) is 11.5 Å². The topological polar surface area (TPSA) is 24.9 Å². The quantitative estimate of drug-likeness (QED) is 0.865. The second kappa shape index (κ2) is 6.25. The van der Waals surface area contributed by atoms with Crippen LogP contribution < -0.4 is 5.32 Å². The molecule has 0 saturated carbocycles. The van der Waals surface area contributed by atoms with Gasteiger partial charge in [-0.2, -0.15) is 0 Å². The van der Waals surface area contributed by atoms with Gasteiger partial charge in [-0.15, -0.1) is 11.3 Å². The lowest BCUT2D eigenvalue weighted by atomic mass is 9.98. The van der Waals surface area contributed by atoms with Gasteiger partial charge in [0.05, 0.1) is 10.7 Å². The van der Waals surface area contributed by atoms with Crippen molar-refractivity contribution in [3.05, 3.63) is 50.9 Å². The van der Waals surface area contributed by atoms with E-state index in [4.69, 9.17) is 16.6 Å². The highest BCUT2D eigenvalue weighted by atomic mass is 35.5. The third-order valence-corrected chi connectivity index (χ3v) is 4.72. The van der Waals surface area contributed by atoms with Crippen LogP contribution in [0.1, 0.15) is 50.0 Å². The van der Waals surface area contributed by atoms with Crippen LogP contribution in [0.25, 0.3) is 0 Å². The van der Waals surface area contributed by atoms with Crippen molar-refractivity contribution in [2.24, 2.45) is 0 Å². The monoisotopic (exact) mass is 308 g/mol. The van der Waals surface area contributed by atoms with E-state index in [1.54, 1.807) is 11.3 Å². The van der Waals surface area contributed by atoms with Crippen LogP contribution in [0.15, 0.2) is 29.6 Å². The van der Waals surface area contributed by atoms with Gasteiger partial charge in [0.2, 0.25) is 0 Å². The predicted octanol–water partition coefficient (Wildman–Crippen LogP) is 4.94. The summed E-state index contributed by atoms with van der Waals surface area (Å²) in [6.07, 6.45) is 0. The summed E-state index contributed by atoms with van der Waals surface area (Å²) in [6, 6.07) is 8.25. The van der Waals surface area contributed by atoms with E-state index in [0.29, 0.717) is 0 Å². The van der Waals surface area contributed by atoms with Crippen molar-refractivity contribution in [2.75, 3.05) is 0 Å². The zero-order valence-electron chi connectivity index (χ0n) is 12.4. The molecule has 1 heterocycles. The number of nitrogens with one attached hydrogen (secondary N) is 1. The molecule has 0 saturated heterocycles. The zero-order valence-corrected chi connectivity index (χ0v) is 14.0. The lowest BCUT2D eigenvalue weighted by Gasteiger charge is -2.15. The van der Waals surface area contributed by atoms with E-state index >= 15 is 0 Å². The Labute approximate surface area is 130 Å². The van der Waals surface area contributed by atoms with E-state index < -0.39 is 0 Å². The average molecular weight is 309 g/mol. The Bertz CT molecular complexity index is 555. The normalized spacial score (nSPS) is 13.4. The lowest BCUT2D eigenvalue weighted by Crippen LogP contribution is -2.18. The predicted molar refractivity (Wildman–Crippen MR) is 87.5 cm³/mol. The Hall–Kier alpha value is -0.900. The van der Waals surface area contributed by atoms with Crippen molar-refractivity contribution in [2.45, 2.75) is 45.7 Å². The van der Waals surface area contributed by atoms with E-state index in [1.807, 2.05) is 12.1 Å². The molecule has 0 aliphatic rings. The van der Waals surface area contributed by atoms with Crippen LogP contribution in [0.2, 0.25) is 5.02 Å². The van der Waals surface area contributed by atoms with Crippen LogP contribution in [-0.2, 0) is 12.0 Å². The Morgan fingerprint density at radius 1 is 1.25 bits per heavy atom. The van der Waals surface area contributed by atoms with Crippen LogP contribution in [-0.4, -0.2) is 4.98 Å². The number of halogens is 1. The number of hydrogen-bond acceptors (Lipinski definition) is 3. The first-order valence-electron chi connectivity index (χ1n) is 6.80. The lowest BCUT2D eigenvalue weighted by molar-refractivity contribution is 0.556. The van der Waals surface area contributed by atoms with Crippen molar-refractivity contribution in [3.8, 4) is 0 Å².